The summed E-state index contributed by atoms with van der Waals surface area (Å²) in [4.78, 5) is 26.9. The molecule has 2 aliphatic rings. The molecule has 0 saturated carbocycles. The van der Waals surface area contributed by atoms with Gasteiger partial charge in [-0.3, -0.25) is 9.59 Å². The van der Waals surface area contributed by atoms with E-state index < -0.39 is 0 Å². The number of fused-ring (bicyclic) bond motifs is 1. The van der Waals surface area contributed by atoms with Crippen molar-refractivity contribution < 1.29 is 9.59 Å². The van der Waals surface area contributed by atoms with Gasteiger partial charge in [0, 0.05) is 32.0 Å². The van der Waals surface area contributed by atoms with Crippen LogP contribution in [0.3, 0.4) is 0 Å². The maximum Gasteiger partial charge on any atom is 0.225 e. The Bertz CT molecular complexity index is 859. The molecule has 2 amide bonds. The molecule has 2 unspecified atom stereocenters. The first kappa shape index (κ1) is 18.7. The van der Waals surface area contributed by atoms with Crippen LogP contribution in [-0.2, 0) is 22.6 Å². The summed E-state index contributed by atoms with van der Waals surface area (Å²) in [5.74, 6) is 0.234. The van der Waals surface area contributed by atoms with Crippen LogP contribution in [-0.4, -0.2) is 29.8 Å². The fraction of sp³-hybridized carbons (Fsp3) is 0.417. The van der Waals surface area contributed by atoms with E-state index in [1.165, 1.54) is 23.1 Å². The fourth-order valence-electron chi connectivity index (χ4n) is 4.45. The average Bonchev–Trinajstić information content (AvgIpc) is 3.08. The zero-order chi connectivity index (χ0) is 19.5. The third-order valence-electron chi connectivity index (χ3n) is 6.10. The van der Waals surface area contributed by atoms with Gasteiger partial charge in [0.25, 0.3) is 0 Å². The van der Waals surface area contributed by atoms with Crippen molar-refractivity contribution in [1.82, 2.24) is 10.2 Å². The highest BCUT2D eigenvalue weighted by molar-refractivity contribution is 5.89. The Kier molecular flexibility index (Phi) is 5.47. The standard InChI is InChI=1S/C24H28N2O2/c1-17-9-11-18(12-10-17)15-26-16-21(13-23(26)27)24(28)25-14-20-7-4-6-19-5-2-3-8-22(19)20/h2-3,5,8-12,20-21H,4,6-7,13-16H2,1H3,(H,25,28). The maximum atomic E-state index is 12.7. The molecule has 2 atom stereocenters. The number of aryl methyl sites for hydroxylation is 2. The number of hydrogen-bond donors (Lipinski definition) is 1. The van der Waals surface area contributed by atoms with Crippen LogP contribution >= 0.6 is 0 Å². The highest BCUT2D eigenvalue weighted by Crippen LogP contribution is 2.31. The van der Waals surface area contributed by atoms with Crippen LogP contribution in [0.2, 0.25) is 0 Å². The molecule has 2 aromatic rings. The molecule has 146 valence electrons. The van der Waals surface area contributed by atoms with Gasteiger partial charge < -0.3 is 10.2 Å². The van der Waals surface area contributed by atoms with Gasteiger partial charge in [-0.1, -0.05) is 54.1 Å². The van der Waals surface area contributed by atoms with Crippen LogP contribution in [0.4, 0.5) is 0 Å². The summed E-state index contributed by atoms with van der Waals surface area (Å²) in [6.45, 7) is 3.81. The van der Waals surface area contributed by atoms with E-state index in [0.29, 0.717) is 32.0 Å². The number of carbonyl (C=O) groups is 2. The predicted molar refractivity (Wildman–Crippen MR) is 110 cm³/mol. The monoisotopic (exact) mass is 376 g/mol. The number of benzene rings is 2. The van der Waals surface area contributed by atoms with Gasteiger partial charge in [-0.15, -0.1) is 0 Å². The lowest BCUT2D eigenvalue weighted by molar-refractivity contribution is -0.129. The molecule has 0 spiro atoms. The number of nitrogens with zero attached hydrogens (tertiary/aromatic N) is 1. The van der Waals surface area contributed by atoms with E-state index in [9.17, 15) is 9.59 Å². The van der Waals surface area contributed by atoms with Crippen LogP contribution in [0.15, 0.2) is 48.5 Å². The zero-order valence-corrected chi connectivity index (χ0v) is 16.5. The summed E-state index contributed by atoms with van der Waals surface area (Å²) in [6, 6.07) is 16.8. The maximum absolute atomic E-state index is 12.7. The molecular weight excluding hydrogens is 348 g/mol. The van der Waals surface area contributed by atoms with Gasteiger partial charge >= 0.3 is 0 Å². The highest BCUT2D eigenvalue weighted by Gasteiger charge is 2.34. The molecule has 1 saturated heterocycles. The van der Waals surface area contributed by atoms with Crippen LogP contribution in [0, 0.1) is 12.8 Å². The Morgan fingerprint density at radius 1 is 1.14 bits per heavy atom. The molecule has 1 fully saturated rings. The van der Waals surface area contributed by atoms with Gasteiger partial charge in [0.05, 0.1) is 5.92 Å². The van der Waals surface area contributed by atoms with Gasteiger partial charge in [0.2, 0.25) is 11.8 Å². The average molecular weight is 377 g/mol. The Balaban J connectivity index is 1.32. The minimum absolute atomic E-state index is 0.0165. The number of carbonyl (C=O) groups excluding carboxylic acids is 2. The second kappa shape index (κ2) is 8.17. The van der Waals surface area contributed by atoms with E-state index in [-0.39, 0.29) is 17.7 Å². The molecule has 0 radical (unpaired) electrons. The fourth-order valence-corrected chi connectivity index (χ4v) is 4.45. The summed E-state index contributed by atoms with van der Waals surface area (Å²) in [5, 5.41) is 3.13. The molecule has 1 aliphatic carbocycles. The molecule has 1 N–H and O–H groups in total. The number of nitrogens with one attached hydrogen (secondary N) is 1. The quantitative estimate of drug-likeness (QED) is 0.867. The molecule has 0 aromatic heterocycles. The predicted octanol–water partition coefficient (Wildman–Crippen LogP) is 3.58. The molecule has 1 aliphatic heterocycles. The van der Waals surface area contributed by atoms with E-state index >= 15 is 0 Å². The Morgan fingerprint density at radius 3 is 2.75 bits per heavy atom. The Hall–Kier alpha value is -2.62. The Labute approximate surface area is 166 Å². The third-order valence-corrected chi connectivity index (χ3v) is 6.10. The lowest BCUT2D eigenvalue weighted by Gasteiger charge is -2.26. The van der Waals surface area contributed by atoms with Gasteiger partial charge in [-0.25, -0.2) is 0 Å². The molecule has 4 rings (SSSR count). The van der Waals surface area contributed by atoms with Crippen molar-refractivity contribution in [2.75, 3.05) is 13.1 Å². The Morgan fingerprint density at radius 2 is 1.93 bits per heavy atom. The summed E-state index contributed by atoms with van der Waals surface area (Å²) >= 11 is 0. The number of hydrogen-bond acceptors (Lipinski definition) is 2. The van der Waals surface area contributed by atoms with Gasteiger partial charge in [0.15, 0.2) is 0 Å². The van der Waals surface area contributed by atoms with E-state index in [0.717, 1.165) is 18.4 Å². The van der Waals surface area contributed by atoms with E-state index in [2.05, 4.69) is 60.8 Å². The van der Waals surface area contributed by atoms with Crippen LogP contribution in [0.5, 0.6) is 0 Å². The highest BCUT2D eigenvalue weighted by atomic mass is 16.2. The molecule has 28 heavy (non-hydrogen) atoms. The van der Waals surface area contributed by atoms with Crippen molar-refractivity contribution in [3.63, 3.8) is 0 Å². The van der Waals surface area contributed by atoms with E-state index in [1.807, 2.05) is 4.90 Å². The molecule has 4 nitrogen and oxygen atoms in total. The SMILES string of the molecule is Cc1ccc(CN2CC(C(=O)NCC3CCCc4ccccc43)CC2=O)cc1. The largest absolute Gasteiger partial charge is 0.355 e. The first-order valence-electron chi connectivity index (χ1n) is 10.3. The number of likely N-dealkylation sites (tertiary alicyclic amines) is 1. The topological polar surface area (TPSA) is 49.4 Å². The summed E-state index contributed by atoms with van der Waals surface area (Å²) in [5.41, 5.74) is 5.10. The van der Waals surface area contributed by atoms with Crippen molar-refractivity contribution >= 4 is 11.8 Å². The molecule has 1 heterocycles. The summed E-state index contributed by atoms with van der Waals surface area (Å²) in [7, 11) is 0. The second-order valence-electron chi connectivity index (χ2n) is 8.19. The van der Waals surface area contributed by atoms with Crippen LogP contribution in [0.1, 0.15) is 47.4 Å². The summed E-state index contributed by atoms with van der Waals surface area (Å²) in [6.07, 6.45) is 3.73. The number of rotatable bonds is 5. The summed E-state index contributed by atoms with van der Waals surface area (Å²) < 4.78 is 0. The smallest absolute Gasteiger partial charge is 0.225 e. The molecule has 2 aromatic carbocycles. The molecular formula is C24H28N2O2. The first-order valence-corrected chi connectivity index (χ1v) is 10.3. The van der Waals surface area contributed by atoms with Crippen molar-refractivity contribution in [3.8, 4) is 0 Å². The van der Waals surface area contributed by atoms with E-state index in [4.69, 9.17) is 0 Å². The second-order valence-corrected chi connectivity index (χ2v) is 8.19. The first-order chi connectivity index (χ1) is 13.6. The lowest BCUT2D eigenvalue weighted by atomic mass is 9.83. The van der Waals surface area contributed by atoms with Crippen molar-refractivity contribution in [1.29, 1.82) is 0 Å². The lowest BCUT2D eigenvalue weighted by Crippen LogP contribution is -2.36. The van der Waals surface area contributed by atoms with Crippen LogP contribution < -0.4 is 5.32 Å². The minimum atomic E-state index is -0.239. The third kappa shape index (κ3) is 4.11. The van der Waals surface area contributed by atoms with Gasteiger partial charge in [-0.2, -0.15) is 0 Å². The van der Waals surface area contributed by atoms with Crippen LogP contribution in [0.25, 0.3) is 0 Å². The number of amides is 2. The van der Waals surface area contributed by atoms with Crippen molar-refractivity contribution in [2.24, 2.45) is 5.92 Å². The van der Waals surface area contributed by atoms with Gasteiger partial charge in [-0.05, 0) is 42.9 Å². The zero-order valence-electron chi connectivity index (χ0n) is 16.5. The van der Waals surface area contributed by atoms with Crippen molar-refractivity contribution in [3.05, 3.63) is 70.8 Å². The molecule has 0 bridgehead atoms. The van der Waals surface area contributed by atoms with E-state index in [1.54, 1.807) is 0 Å². The normalized spacial score (nSPS) is 21.5. The minimum Gasteiger partial charge on any atom is -0.355 e. The van der Waals surface area contributed by atoms with Crippen molar-refractivity contribution in [2.45, 2.75) is 45.1 Å². The van der Waals surface area contributed by atoms with Gasteiger partial charge in [0.1, 0.15) is 0 Å². The molecule has 4 heteroatoms.